The van der Waals surface area contributed by atoms with Gasteiger partial charge in [-0.3, -0.25) is 4.90 Å². The minimum atomic E-state index is -0.165. The molecule has 2 aliphatic carbocycles. The van der Waals surface area contributed by atoms with Crippen molar-refractivity contribution >= 4 is 0 Å². The lowest BCUT2D eigenvalue weighted by atomic mass is 9.86. The molecule has 0 aromatic carbocycles. The van der Waals surface area contributed by atoms with E-state index in [0.717, 1.165) is 25.0 Å². The van der Waals surface area contributed by atoms with Gasteiger partial charge in [0.15, 0.2) is 0 Å². The summed E-state index contributed by atoms with van der Waals surface area (Å²) in [7, 11) is 0. The highest BCUT2D eigenvalue weighted by Crippen LogP contribution is 2.31. The van der Waals surface area contributed by atoms with E-state index in [0.29, 0.717) is 0 Å². The van der Waals surface area contributed by atoms with E-state index in [1.165, 1.54) is 64.2 Å². The summed E-state index contributed by atoms with van der Waals surface area (Å²) in [6.45, 7) is 5.32. The summed E-state index contributed by atoms with van der Waals surface area (Å²) in [5, 5.41) is 9.26. The lowest BCUT2D eigenvalue weighted by Gasteiger charge is -2.42. The van der Waals surface area contributed by atoms with Gasteiger partial charge in [-0.15, -0.1) is 0 Å². The summed E-state index contributed by atoms with van der Waals surface area (Å²) in [4.78, 5) is 2.82. The van der Waals surface area contributed by atoms with Crippen molar-refractivity contribution in [1.82, 2.24) is 4.90 Å². The van der Waals surface area contributed by atoms with E-state index in [2.05, 4.69) is 24.8 Å². The van der Waals surface area contributed by atoms with E-state index in [4.69, 9.17) is 0 Å². The molecule has 0 amide bonds. The Morgan fingerprint density at radius 3 is 1.75 bits per heavy atom. The lowest BCUT2D eigenvalue weighted by molar-refractivity contribution is 0.0722. The summed E-state index contributed by atoms with van der Waals surface area (Å²) < 4.78 is 0. The summed E-state index contributed by atoms with van der Waals surface area (Å²) in [5.74, 6) is 0. The van der Waals surface area contributed by atoms with Gasteiger partial charge < -0.3 is 0 Å². The highest BCUT2D eigenvalue weighted by Gasteiger charge is 2.30. The average Bonchev–Trinajstić information content (AvgIpc) is 2.49. The minimum absolute atomic E-state index is 0.165. The Morgan fingerprint density at radius 2 is 1.35 bits per heavy atom. The summed E-state index contributed by atoms with van der Waals surface area (Å²) >= 11 is 0. The number of hydrogen-bond acceptors (Lipinski definition) is 2. The molecular weight excluding hydrogens is 244 g/mol. The Balaban J connectivity index is 1.97. The molecule has 2 rings (SSSR count). The molecule has 0 spiro atoms. The van der Waals surface area contributed by atoms with Gasteiger partial charge in [0.2, 0.25) is 0 Å². The highest BCUT2D eigenvalue weighted by molar-refractivity contribution is 4.93. The van der Waals surface area contributed by atoms with Crippen LogP contribution >= 0.6 is 0 Å². The molecule has 2 nitrogen and oxygen atoms in total. The monoisotopic (exact) mass is 276 g/mol. The molecule has 0 saturated heterocycles. The molecule has 0 aromatic heterocycles. The normalized spacial score (nSPS) is 22.9. The Hall–Kier alpha value is -0.550. The van der Waals surface area contributed by atoms with Crippen molar-refractivity contribution in [3.05, 3.63) is 0 Å². The Labute approximate surface area is 125 Å². The van der Waals surface area contributed by atoms with Crippen LogP contribution in [0.1, 0.15) is 84.5 Å². The van der Waals surface area contributed by atoms with Crippen LogP contribution in [-0.2, 0) is 0 Å². The molecular formula is C18H32N2. The van der Waals surface area contributed by atoms with E-state index in [1.807, 2.05) is 0 Å². The molecule has 0 aromatic rings. The van der Waals surface area contributed by atoms with Crippen molar-refractivity contribution < 1.29 is 0 Å². The molecule has 2 fully saturated rings. The number of nitrogens with zero attached hydrogens (tertiary/aromatic N) is 2. The van der Waals surface area contributed by atoms with E-state index in [1.54, 1.807) is 0 Å². The third-order valence-corrected chi connectivity index (χ3v) is 5.39. The lowest BCUT2D eigenvalue weighted by Crippen LogP contribution is -2.46. The van der Waals surface area contributed by atoms with Crippen LogP contribution in [0.5, 0.6) is 0 Å². The molecule has 0 heterocycles. The van der Waals surface area contributed by atoms with Gasteiger partial charge in [0.1, 0.15) is 0 Å². The second-order valence-corrected chi connectivity index (χ2v) is 7.57. The Morgan fingerprint density at radius 1 is 0.900 bits per heavy atom. The molecule has 20 heavy (non-hydrogen) atoms. The van der Waals surface area contributed by atoms with E-state index in [9.17, 15) is 5.26 Å². The number of hydrogen-bond donors (Lipinski definition) is 0. The van der Waals surface area contributed by atoms with Crippen LogP contribution < -0.4 is 0 Å². The van der Waals surface area contributed by atoms with Gasteiger partial charge in [0.05, 0.1) is 11.5 Å². The topological polar surface area (TPSA) is 27.0 Å². The van der Waals surface area contributed by atoms with Crippen LogP contribution in [0.15, 0.2) is 0 Å². The molecule has 114 valence electrons. The third-order valence-electron chi connectivity index (χ3n) is 5.39. The largest absolute Gasteiger partial charge is 0.297 e. The molecule has 0 unspecified atom stereocenters. The van der Waals surface area contributed by atoms with Crippen molar-refractivity contribution in [2.24, 2.45) is 5.41 Å². The second kappa shape index (κ2) is 7.46. The quantitative estimate of drug-likeness (QED) is 0.714. The summed E-state index contributed by atoms with van der Waals surface area (Å²) in [5.41, 5.74) is -0.165. The van der Waals surface area contributed by atoms with Gasteiger partial charge in [0, 0.05) is 18.6 Å². The smallest absolute Gasteiger partial charge is 0.0684 e. The average molecular weight is 276 g/mol. The van der Waals surface area contributed by atoms with Gasteiger partial charge in [-0.1, -0.05) is 38.5 Å². The fraction of sp³-hybridized carbons (Fsp3) is 0.944. The van der Waals surface area contributed by atoms with Gasteiger partial charge in [-0.05, 0) is 46.0 Å². The molecule has 0 N–H and O–H groups in total. The predicted octanol–water partition coefficient (Wildman–Crippen LogP) is 4.89. The fourth-order valence-corrected chi connectivity index (χ4v) is 3.95. The minimum Gasteiger partial charge on any atom is -0.297 e. The maximum Gasteiger partial charge on any atom is 0.0684 e. The van der Waals surface area contributed by atoms with Crippen LogP contribution in [0.2, 0.25) is 0 Å². The molecule has 2 heteroatoms. The maximum atomic E-state index is 9.26. The Kier molecular flexibility index (Phi) is 5.90. The number of rotatable bonds is 5. The first-order chi connectivity index (χ1) is 9.62. The zero-order valence-corrected chi connectivity index (χ0v) is 13.5. The van der Waals surface area contributed by atoms with Crippen LogP contribution in [0.3, 0.4) is 0 Å². The first-order valence-corrected chi connectivity index (χ1v) is 8.79. The van der Waals surface area contributed by atoms with Gasteiger partial charge in [-0.25, -0.2) is 0 Å². The Bertz CT molecular complexity index is 299. The predicted molar refractivity (Wildman–Crippen MR) is 84.5 cm³/mol. The molecule has 0 bridgehead atoms. The van der Waals surface area contributed by atoms with Crippen LogP contribution in [0.4, 0.5) is 0 Å². The first kappa shape index (κ1) is 15.8. The first-order valence-electron chi connectivity index (χ1n) is 8.79. The molecule has 2 aliphatic rings. The zero-order valence-electron chi connectivity index (χ0n) is 13.5. The summed E-state index contributed by atoms with van der Waals surface area (Å²) in [6.07, 6.45) is 15.1. The standard InChI is InChI=1S/C18H32N2/c1-18(2,15-19)13-14-20(16-9-5-3-6-10-16)17-11-7-4-8-12-17/h16-17H,3-14H2,1-2H3. The SMILES string of the molecule is CC(C)(C#N)CCN(C1CCCCC1)C1CCCCC1. The van der Waals surface area contributed by atoms with E-state index >= 15 is 0 Å². The van der Waals surface area contributed by atoms with Crippen molar-refractivity contribution in [2.75, 3.05) is 6.54 Å². The third kappa shape index (κ3) is 4.48. The highest BCUT2D eigenvalue weighted by atomic mass is 15.2. The van der Waals surface area contributed by atoms with E-state index < -0.39 is 0 Å². The van der Waals surface area contributed by atoms with Crippen molar-refractivity contribution in [2.45, 2.75) is 96.6 Å². The molecule has 0 aliphatic heterocycles. The van der Waals surface area contributed by atoms with Crippen molar-refractivity contribution in [3.63, 3.8) is 0 Å². The zero-order chi connectivity index (χ0) is 14.4. The van der Waals surface area contributed by atoms with Crippen LogP contribution in [-0.4, -0.2) is 23.5 Å². The van der Waals surface area contributed by atoms with E-state index in [-0.39, 0.29) is 5.41 Å². The number of nitriles is 1. The molecule has 0 atom stereocenters. The van der Waals surface area contributed by atoms with Gasteiger partial charge >= 0.3 is 0 Å². The molecule has 2 saturated carbocycles. The van der Waals surface area contributed by atoms with Gasteiger partial charge in [-0.2, -0.15) is 5.26 Å². The summed E-state index contributed by atoms with van der Waals surface area (Å²) in [6, 6.07) is 4.09. The fourth-order valence-electron chi connectivity index (χ4n) is 3.95. The van der Waals surface area contributed by atoms with Crippen LogP contribution in [0, 0.1) is 16.7 Å². The molecule has 0 radical (unpaired) electrons. The van der Waals surface area contributed by atoms with Crippen molar-refractivity contribution in [1.29, 1.82) is 5.26 Å². The van der Waals surface area contributed by atoms with Gasteiger partial charge in [0.25, 0.3) is 0 Å². The van der Waals surface area contributed by atoms with Crippen LogP contribution in [0.25, 0.3) is 0 Å². The maximum absolute atomic E-state index is 9.26. The van der Waals surface area contributed by atoms with Crippen molar-refractivity contribution in [3.8, 4) is 6.07 Å². The second-order valence-electron chi connectivity index (χ2n) is 7.57.